The van der Waals surface area contributed by atoms with Gasteiger partial charge in [0.1, 0.15) is 5.60 Å². The number of fused-ring (bicyclic) bond motifs is 1. The van der Waals surface area contributed by atoms with Crippen molar-refractivity contribution in [3.63, 3.8) is 0 Å². The van der Waals surface area contributed by atoms with Crippen LogP contribution in [0.2, 0.25) is 0 Å². The average molecular weight is 316 g/mol. The van der Waals surface area contributed by atoms with E-state index < -0.39 is 5.60 Å². The molecule has 1 heterocycles. The Morgan fingerprint density at radius 2 is 2.13 bits per heavy atom. The number of carbonyl (C=O) groups is 1. The summed E-state index contributed by atoms with van der Waals surface area (Å²) in [6.45, 7) is 8.17. The van der Waals surface area contributed by atoms with E-state index in [1.807, 2.05) is 25.7 Å². The molecule has 1 aromatic carbocycles. The Kier molecular flexibility index (Phi) is 4.51. The second-order valence-corrected chi connectivity index (χ2v) is 7.77. The van der Waals surface area contributed by atoms with Gasteiger partial charge < -0.3 is 15.0 Å². The summed E-state index contributed by atoms with van der Waals surface area (Å²) in [5.74, 6) is 0.840. The number of hydrogen-bond acceptors (Lipinski definition) is 3. The first-order valence-corrected chi connectivity index (χ1v) is 8.75. The predicted octanol–water partition coefficient (Wildman–Crippen LogP) is 4.19. The fourth-order valence-electron chi connectivity index (χ4n) is 3.21. The van der Waals surface area contributed by atoms with Crippen molar-refractivity contribution in [3.05, 3.63) is 29.3 Å². The topological polar surface area (TPSA) is 41.6 Å². The lowest BCUT2D eigenvalue weighted by molar-refractivity contribution is 0.0224. The van der Waals surface area contributed by atoms with Crippen LogP contribution in [0, 0.1) is 5.92 Å². The molecule has 1 aromatic rings. The Labute approximate surface area is 139 Å². The standard InChI is InChI=1S/C19H28N2O2/c1-19(2,3)23-18(22)21-11-10-16-15(13-21)8-5-9-17(16)20-12-14-6-4-7-14/h5,8-9,14,20H,4,6-7,10-13H2,1-3H3. The van der Waals surface area contributed by atoms with E-state index in [1.165, 1.54) is 36.1 Å². The molecule has 2 aliphatic rings. The van der Waals surface area contributed by atoms with Crippen LogP contribution in [0.1, 0.15) is 51.2 Å². The van der Waals surface area contributed by atoms with Crippen molar-refractivity contribution in [2.45, 2.75) is 58.6 Å². The molecule has 0 aromatic heterocycles. The number of amides is 1. The second-order valence-electron chi connectivity index (χ2n) is 7.77. The van der Waals surface area contributed by atoms with Crippen molar-refractivity contribution < 1.29 is 9.53 Å². The van der Waals surface area contributed by atoms with E-state index in [4.69, 9.17) is 4.74 Å². The van der Waals surface area contributed by atoms with Gasteiger partial charge in [-0.05, 0) is 63.1 Å². The summed E-state index contributed by atoms with van der Waals surface area (Å²) in [5.41, 5.74) is 3.41. The normalized spacial score (nSPS) is 18.1. The SMILES string of the molecule is CC(C)(C)OC(=O)N1CCc2c(cccc2NCC2CCC2)C1. The van der Waals surface area contributed by atoms with Gasteiger partial charge in [-0.2, -0.15) is 0 Å². The van der Waals surface area contributed by atoms with E-state index in [9.17, 15) is 4.79 Å². The van der Waals surface area contributed by atoms with E-state index in [2.05, 4.69) is 23.5 Å². The largest absolute Gasteiger partial charge is 0.444 e. The lowest BCUT2D eigenvalue weighted by Crippen LogP contribution is -2.40. The Morgan fingerprint density at radius 1 is 1.35 bits per heavy atom. The maximum absolute atomic E-state index is 12.3. The van der Waals surface area contributed by atoms with Gasteiger partial charge in [0, 0.05) is 25.3 Å². The Balaban J connectivity index is 1.65. The van der Waals surface area contributed by atoms with E-state index in [0.29, 0.717) is 6.54 Å². The van der Waals surface area contributed by atoms with Gasteiger partial charge in [0.2, 0.25) is 0 Å². The number of benzene rings is 1. The minimum absolute atomic E-state index is 0.212. The molecule has 1 aliphatic carbocycles. The molecule has 4 heteroatoms. The van der Waals surface area contributed by atoms with E-state index >= 15 is 0 Å². The lowest BCUT2D eigenvalue weighted by atomic mass is 9.85. The zero-order chi connectivity index (χ0) is 16.4. The molecule has 1 saturated carbocycles. The summed E-state index contributed by atoms with van der Waals surface area (Å²) in [7, 11) is 0. The molecule has 1 aliphatic heterocycles. The zero-order valence-corrected chi connectivity index (χ0v) is 14.5. The van der Waals surface area contributed by atoms with Crippen molar-refractivity contribution in [2.75, 3.05) is 18.4 Å². The number of ether oxygens (including phenoxy) is 1. The van der Waals surface area contributed by atoms with Gasteiger partial charge in [0.15, 0.2) is 0 Å². The predicted molar refractivity (Wildman–Crippen MR) is 92.6 cm³/mol. The molecule has 1 amide bonds. The molecule has 1 N–H and O–H groups in total. The number of hydrogen-bond donors (Lipinski definition) is 1. The van der Waals surface area contributed by atoms with Crippen molar-refractivity contribution in [1.29, 1.82) is 0 Å². The van der Waals surface area contributed by atoms with Crippen LogP contribution in [0.25, 0.3) is 0 Å². The van der Waals surface area contributed by atoms with Crippen LogP contribution in [0.15, 0.2) is 18.2 Å². The van der Waals surface area contributed by atoms with Crippen LogP contribution in [0.4, 0.5) is 10.5 Å². The highest BCUT2D eigenvalue weighted by molar-refractivity contribution is 5.69. The summed E-state index contributed by atoms with van der Waals surface area (Å²) in [6.07, 6.45) is 4.77. The third kappa shape index (κ3) is 3.98. The summed E-state index contributed by atoms with van der Waals surface area (Å²) < 4.78 is 5.49. The van der Waals surface area contributed by atoms with Crippen molar-refractivity contribution in [3.8, 4) is 0 Å². The van der Waals surface area contributed by atoms with Gasteiger partial charge in [0.25, 0.3) is 0 Å². The van der Waals surface area contributed by atoms with Gasteiger partial charge in [-0.15, -0.1) is 0 Å². The van der Waals surface area contributed by atoms with Gasteiger partial charge in [-0.3, -0.25) is 0 Å². The molecule has 126 valence electrons. The van der Waals surface area contributed by atoms with Crippen LogP contribution in [-0.2, 0) is 17.7 Å². The highest BCUT2D eigenvalue weighted by Crippen LogP contribution is 2.30. The summed E-state index contributed by atoms with van der Waals surface area (Å²) in [6, 6.07) is 6.38. The van der Waals surface area contributed by atoms with Gasteiger partial charge >= 0.3 is 6.09 Å². The molecule has 0 atom stereocenters. The smallest absolute Gasteiger partial charge is 0.410 e. The highest BCUT2D eigenvalue weighted by Gasteiger charge is 2.27. The molecule has 0 spiro atoms. The molecule has 0 saturated heterocycles. The number of anilines is 1. The first-order valence-electron chi connectivity index (χ1n) is 8.75. The molecular weight excluding hydrogens is 288 g/mol. The highest BCUT2D eigenvalue weighted by atomic mass is 16.6. The first-order chi connectivity index (χ1) is 10.9. The van der Waals surface area contributed by atoms with Crippen molar-refractivity contribution >= 4 is 11.8 Å². The van der Waals surface area contributed by atoms with Crippen LogP contribution in [-0.4, -0.2) is 29.7 Å². The third-order valence-electron chi connectivity index (χ3n) is 4.72. The van der Waals surface area contributed by atoms with E-state index in [1.54, 1.807) is 0 Å². The fourth-order valence-corrected chi connectivity index (χ4v) is 3.21. The van der Waals surface area contributed by atoms with Crippen LogP contribution in [0.3, 0.4) is 0 Å². The number of rotatable bonds is 3. The molecule has 23 heavy (non-hydrogen) atoms. The van der Waals surface area contributed by atoms with E-state index in [0.717, 1.165) is 25.4 Å². The molecule has 0 unspecified atom stereocenters. The van der Waals surface area contributed by atoms with E-state index in [-0.39, 0.29) is 6.09 Å². The van der Waals surface area contributed by atoms with Crippen LogP contribution >= 0.6 is 0 Å². The first kappa shape index (κ1) is 16.2. The molecule has 0 bridgehead atoms. The van der Waals surface area contributed by atoms with Crippen LogP contribution < -0.4 is 5.32 Å². The average Bonchev–Trinajstić information content (AvgIpc) is 2.43. The molecule has 1 fully saturated rings. The number of nitrogens with zero attached hydrogens (tertiary/aromatic N) is 1. The van der Waals surface area contributed by atoms with Crippen molar-refractivity contribution in [1.82, 2.24) is 4.90 Å². The molecule has 4 nitrogen and oxygen atoms in total. The Hall–Kier alpha value is -1.71. The Bertz CT molecular complexity index is 573. The van der Waals surface area contributed by atoms with Gasteiger partial charge in [0.05, 0.1) is 0 Å². The third-order valence-corrected chi connectivity index (χ3v) is 4.72. The fraction of sp³-hybridized carbons (Fsp3) is 0.632. The summed E-state index contributed by atoms with van der Waals surface area (Å²) >= 11 is 0. The summed E-state index contributed by atoms with van der Waals surface area (Å²) in [4.78, 5) is 14.1. The minimum atomic E-state index is -0.441. The maximum atomic E-state index is 12.3. The minimum Gasteiger partial charge on any atom is -0.444 e. The zero-order valence-electron chi connectivity index (χ0n) is 14.5. The quantitative estimate of drug-likeness (QED) is 0.909. The Morgan fingerprint density at radius 3 is 2.78 bits per heavy atom. The van der Waals surface area contributed by atoms with Crippen LogP contribution in [0.5, 0.6) is 0 Å². The number of nitrogens with one attached hydrogen (secondary N) is 1. The van der Waals surface area contributed by atoms with Gasteiger partial charge in [-0.25, -0.2) is 4.79 Å². The second kappa shape index (κ2) is 6.42. The molecule has 0 radical (unpaired) electrons. The molecular formula is C19H28N2O2. The monoisotopic (exact) mass is 316 g/mol. The summed E-state index contributed by atoms with van der Waals surface area (Å²) in [5, 5.41) is 3.62. The lowest BCUT2D eigenvalue weighted by Gasteiger charge is -2.32. The number of carbonyl (C=O) groups excluding carboxylic acids is 1. The van der Waals surface area contributed by atoms with Gasteiger partial charge in [-0.1, -0.05) is 18.6 Å². The maximum Gasteiger partial charge on any atom is 0.410 e. The van der Waals surface area contributed by atoms with Crippen molar-refractivity contribution in [2.24, 2.45) is 5.92 Å². The molecule has 3 rings (SSSR count).